The second-order valence-corrected chi connectivity index (χ2v) is 10.3. The van der Waals surface area contributed by atoms with Crippen molar-refractivity contribution in [1.82, 2.24) is 24.4 Å². The van der Waals surface area contributed by atoms with Crippen LogP contribution < -0.4 is 10.2 Å². The number of aromatic nitrogens is 4. The standard InChI is InChI=1S/C24H30F3N7O/c25-24(26,27)17-12-19(35)31-21-20(17)23(29-14-28-21)33-8-4-16(5-9-33)22-30-18(15-2-3-15)13-34(22)11-10-32-6-1-7-32/h13-17H,1-12H2,(H,28,29,31,35). The van der Waals surface area contributed by atoms with Crippen LogP contribution in [0.15, 0.2) is 12.5 Å². The van der Waals surface area contributed by atoms with Crippen LogP contribution in [0.3, 0.4) is 0 Å². The molecule has 2 saturated heterocycles. The molecule has 8 nitrogen and oxygen atoms in total. The van der Waals surface area contributed by atoms with E-state index in [4.69, 9.17) is 4.98 Å². The Morgan fingerprint density at radius 2 is 1.77 bits per heavy atom. The van der Waals surface area contributed by atoms with Crippen LogP contribution in [0, 0.1) is 0 Å². The molecule has 35 heavy (non-hydrogen) atoms. The molecule has 5 heterocycles. The van der Waals surface area contributed by atoms with Crippen molar-refractivity contribution in [3.8, 4) is 0 Å². The Balaban J connectivity index is 1.21. The van der Waals surface area contributed by atoms with Gasteiger partial charge < -0.3 is 19.7 Å². The van der Waals surface area contributed by atoms with Gasteiger partial charge in [0.05, 0.1) is 17.2 Å². The number of rotatable bonds is 6. The molecule has 3 aliphatic heterocycles. The number of hydrogen-bond acceptors (Lipinski definition) is 6. The summed E-state index contributed by atoms with van der Waals surface area (Å²) >= 11 is 0. The predicted molar refractivity (Wildman–Crippen MR) is 124 cm³/mol. The molecule has 1 unspecified atom stereocenters. The normalized spacial score (nSPS) is 23.7. The molecule has 6 rings (SSSR count). The summed E-state index contributed by atoms with van der Waals surface area (Å²) in [6.45, 7) is 5.47. The molecule has 1 N–H and O–H groups in total. The highest BCUT2D eigenvalue weighted by Gasteiger charge is 2.48. The molecular weight excluding hydrogens is 459 g/mol. The van der Waals surface area contributed by atoms with Gasteiger partial charge in [-0.3, -0.25) is 4.79 Å². The largest absolute Gasteiger partial charge is 0.396 e. The van der Waals surface area contributed by atoms with Gasteiger partial charge >= 0.3 is 6.18 Å². The van der Waals surface area contributed by atoms with Crippen molar-refractivity contribution in [3.63, 3.8) is 0 Å². The van der Waals surface area contributed by atoms with Gasteiger partial charge in [0.2, 0.25) is 5.91 Å². The maximum absolute atomic E-state index is 13.8. The first-order chi connectivity index (χ1) is 16.9. The number of anilines is 2. The number of carbonyl (C=O) groups excluding carboxylic acids is 1. The van der Waals surface area contributed by atoms with Gasteiger partial charge in [0, 0.05) is 50.6 Å². The maximum Gasteiger partial charge on any atom is 0.396 e. The molecule has 1 atom stereocenters. The highest BCUT2D eigenvalue weighted by molar-refractivity contribution is 5.94. The fourth-order valence-electron chi connectivity index (χ4n) is 5.54. The Kier molecular flexibility index (Phi) is 5.69. The first kappa shape index (κ1) is 22.8. The van der Waals surface area contributed by atoms with Crippen molar-refractivity contribution in [3.05, 3.63) is 29.6 Å². The summed E-state index contributed by atoms with van der Waals surface area (Å²) in [5.41, 5.74) is 1.18. The number of nitrogens with zero attached hydrogens (tertiary/aromatic N) is 6. The summed E-state index contributed by atoms with van der Waals surface area (Å²) in [7, 11) is 0. The lowest BCUT2D eigenvalue weighted by Gasteiger charge is -2.36. The second-order valence-electron chi connectivity index (χ2n) is 10.3. The van der Waals surface area contributed by atoms with E-state index in [1.807, 2.05) is 4.90 Å². The number of amides is 1. The van der Waals surface area contributed by atoms with Gasteiger partial charge in [0.25, 0.3) is 0 Å². The zero-order valence-corrected chi connectivity index (χ0v) is 19.6. The lowest BCUT2D eigenvalue weighted by molar-refractivity contribution is -0.156. The highest BCUT2D eigenvalue weighted by atomic mass is 19.4. The smallest absolute Gasteiger partial charge is 0.356 e. The second kappa shape index (κ2) is 8.76. The Morgan fingerprint density at radius 3 is 2.43 bits per heavy atom. The zero-order valence-electron chi connectivity index (χ0n) is 19.6. The van der Waals surface area contributed by atoms with E-state index in [2.05, 4.69) is 30.9 Å². The average molecular weight is 490 g/mol. The number of nitrogens with one attached hydrogen (secondary N) is 1. The fraction of sp³-hybridized carbons (Fsp3) is 0.667. The Morgan fingerprint density at radius 1 is 1.00 bits per heavy atom. The number of halogens is 3. The van der Waals surface area contributed by atoms with Crippen molar-refractivity contribution in [1.29, 1.82) is 0 Å². The summed E-state index contributed by atoms with van der Waals surface area (Å²) in [6.07, 6.45) is 3.58. The summed E-state index contributed by atoms with van der Waals surface area (Å²) < 4.78 is 43.8. The lowest BCUT2D eigenvalue weighted by Crippen LogP contribution is -2.40. The van der Waals surface area contributed by atoms with E-state index < -0.39 is 24.4 Å². The van der Waals surface area contributed by atoms with E-state index in [1.165, 1.54) is 44.4 Å². The molecule has 1 saturated carbocycles. The van der Waals surface area contributed by atoms with Gasteiger partial charge in [-0.15, -0.1) is 0 Å². The van der Waals surface area contributed by atoms with Gasteiger partial charge in [0.15, 0.2) is 0 Å². The van der Waals surface area contributed by atoms with Crippen molar-refractivity contribution in [2.45, 2.75) is 69.0 Å². The number of likely N-dealkylation sites (tertiary alicyclic amines) is 1. The van der Waals surface area contributed by atoms with E-state index in [9.17, 15) is 18.0 Å². The van der Waals surface area contributed by atoms with E-state index in [0.717, 1.165) is 31.8 Å². The number of alkyl halides is 3. The minimum absolute atomic E-state index is 0.00915. The van der Waals surface area contributed by atoms with Crippen molar-refractivity contribution in [2.75, 3.05) is 42.9 Å². The van der Waals surface area contributed by atoms with Crippen LogP contribution in [0.25, 0.3) is 0 Å². The van der Waals surface area contributed by atoms with Gasteiger partial charge in [0.1, 0.15) is 23.8 Å². The molecule has 188 valence electrons. The molecule has 0 bridgehead atoms. The third-order valence-electron chi connectivity index (χ3n) is 7.84. The van der Waals surface area contributed by atoms with Crippen molar-refractivity contribution < 1.29 is 18.0 Å². The molecule has 2 aromatic heterocycles. The Hall–Kier alpha value is -2.69. The number of carbonyl (C=O) groups is 1. The van der Waals surface area contributed by atoms with Crippen molar-refractivity contribution in [2.24, 2.45) is 0 Å². The van der Waals surface area contributed by atoms with E-state index in [0.29, 0.717) is 19.0 Å². The SMILES string of the molecule is O=C1CC(C(F)(F)F)c2c(ncnc2N2CCC(c3nc(C4CC4)cn3CCN3CCC3)CC2)N1. The summed E-state index contributed by atoms with van der Waals surface area (Å²) in [5, 5.41) is 2.50. The first-order valence-electron chi connectivity index (χ1n) is 12.6. The van der Waals surface area contributed by atoms with Gasteiger partial charge in [-0.05, 0) is 45.2 Å². The minimum atomic E-state index is -4.54. The third-order valence-corrected chi connectivity index (χ3v) is 7.84. The number of imidazole rings is 1. The van der Waals surface area contributed by atoms with E-state index in [1.54, 1.807) is 0 Å². The van der Waals surface area contributed by atoms with Crippen LogP contribution in [0.2, 0.25) is 0 Å². The Bertz CT molecular complexity index is 1100. The molecule has 1 amide bonds. The minimum Gasteiger partial charge on any atom is -0.356 e. The topological polar surface area (TPSA) is 79.2 Å². The average Bonchev–Trinajstić information content (AvgIpc) is 3.56. The van der Waals surface area contributed by atoms with Gasteiger partial charge in [-0.25, -0.2) is 15.0 Å². The summed E-state index contributed by atoms with van der Waals surface area (Å²) in [6, 6.07) is 0. The van der Waals surface area contributed by atoms with Crippen LogP contribution in [0.5, 0.6) is 0 Å². The fourth-order valence-corrected chi connectivity index (χ4v) is 5.54. The zero-order chi connectivity index (χ0) is 24.2. The van der Waals surface area contributed by atoms with Crippen LogP contribution in [0.4, 0.5) is 24.8 Å². The molecule has 0 radical (unpaired) electrons. The highest BCUT2D eigenvalue weighted by Crippen LogP contribution is 2.47. The molecule has 0 aromatic carbocycles. The van der Waals surface area contributed by atoms with Crippen molar-refractivity contribution >= 4 is 17.5 Å². The molecule has 3 fully saturated rings. The van der Waals surface area contributed by atoms with E-state index in [-0.39, 0.29) is 23.1 Å². The van der Waals surface area contributed by atoms with Gasteiger partial charge in [-0.2, -0.15) is 13.2 Å². The van der Waals surface area contributed by atoms with Crippen LogP contribution in [-0.4, -0.2) is 69.2 Å². The predicted octanol–water partition coefficient (Wildman–Crippen LogP) is 3.63. The number of piperidine rings is 1. The van der Waals surface area contributed by atoms with Crippen LogP contribution in [0.1, 0.15) is 73.4 Å². The van der Waals surface area contributed by atoms with E-state index >= 15 is 0 Å². The molecule has 4 aliphatic rings. The summed E-state index contributed by atoms with van der Waals surface area (Å²) in [4.78, 5) is 29.5. The number of hydrogen-bond donors (Lipinski definition) is 1. The molecule has 11 heteroatoms. The molecule has 0 spiro atoms. The Labute approximate surface area is 201 Å². The van der Waals surface area contributed by atoms with Gasteiger partial charge in [-0.1, -0.05) is 0 Å². The maximum atomic E-state index is 13.8. The number of fused-ring (bicyclic) bond motifs is 1. The monoisotopic (exact) mass is 489 g/mol. The third kappa shape index (κ3) is 4.50. The first-order valence-corrected chi connectivity index (χ1v) is 12.6. The van der Waals surface area contributed by atoms with Crippen LogP contribution in [-0.2, 0) is 11.3 Å². The molecule has 1 aliphatic carbocycles. The molecular formula is C24H30F3N7O. The molecule has 2 aromatic rings. The lowest BCUT2D eigenvalue weighted by atomic mass is 9.90. The van der Waals surface area contributed by atoms with Crippen LogP contribution >= 0.6 is 0 Å². The summed E-state index contributed by atoms with van der Waals surface area (Å²) in [5.74, 6) is -0.312. The quantitative estimate of drug-likeness (QED) is 0.668.